The molecule has 1 aliphatic rings. The molecule has 0 bridgehead atoms. The van der Waals surface area contributed by atoms with Gasteiger partial charge in [-0.25, -0.2) is 15.0 Å². The van der Waals surface area contributed by atoms with Crippen LogP contribution in [-0.2, 0) is 0 Å². The Balaban J connectivity index is 1.93. The molecule has 0 aliphatic heterocycles. The molecule has 186 valence electrons. The maximum absolute atomic E-state index is 8.84. The van der Waals surface area contributed by atoms with Gasteiger partial charge < -0.3 is 5.41 Å². The first-order valence-electron chi connectivity index (χ1n) is 12.7. The zero-order valence-electron chi connectivity index (χ0n) is 21.8. The molecule has 3 rings (SSSR count). The molecule has 35 heavy (non-hydrogen) atoms. The van der Waals surface area contributed by atoms with Crippen molar-refractivity contribution >= 4 is 34.7 Å². The van der Waals surface area contributed by atoms with Crippen molar-refractivity contribution in [2.24, 2.45) is 21.8 Å². The van der Waals surface area contributed by atoms with E-state index in [1.54, 1.807) is 7.05 Å². The Labute approximate surface area is 215 Å². The number of rotatable bonds is 9. The lowest BCUT2D eigenvalue weighted by atomic mass is 9.76. The highest BCUT2D eigenvalue weighted by atomic mass is 35.5. The molecular weight excluding hydrogens is 454 g/mol. The second kappa shape index (κ2) is 12.3. The summed E-state index contributed by atoms with van der Waals surface area (Å²) in [6.45, 7) is 10.9. The van der Waals surface area contributed by atoms with Crippen molar-refractivity contribution in [3.8, 4) is 0 Å². The minimum Gasteiger partial charge on any atom is -0.309 e. The van der Waals surface area contributed by atoms with Gasteiger partial charge in [0.25, 0.3) is 0 Å². The van der Waals surface area contributed by atoms with E-state index in [1.165, 1.54) is 12.8 Å². The molecule has 0 saturated carbocycles. The molecule has 6 heteroatoms. The Kier molecular flexibility index (Phi) is 9.50. The fourth-order valence-electron chi connectivity index (χ4n) is 4.89. The predicted octanol–water partition coefficient (Wildman–Crippen LogP) is 7.97. The van der Waals surface area contributed by atoms with Gasteiger partial charge in [-0.15, -0.1) is 0 Å². The minimum atomic E-state index is -0.361. The first kappa shape index (κ1) is 26.9. The summed E-state index contributed by atoms with van der Waals surface area (Å²) in [6.07, 6.45) is 10.2. The SMILES string of the molecule is CCC(C)C(CC)C/C=C\C(C)=Nc1ncc2c(n1)C(C(=NC)c1ccccc1Cl)C(=N)CC2C. The molecule has 2 aromatic rings. The van der Waals surface area contributed by atoms with Gasteiger partial charge in [-0.1, -0.05) is 76.4 Å². The van der Waals surface area contributed by atoms with Crippen LogP contribution in [0, 0.1) is 17.2 Å². The van der Waals surface area contributed by atoms with Crippen molar-refractivity contribution in [2.75, 3.05) is 7.05 Å². The molecule has 4 unspecified atom stereocenters. The fraction of sp³-hybridized carbons (Fsp3) is 0.483. The van der Waals surface area contributed by atoms with Gasteiger partial charge in [0.1, 0.15) is 0 Å². The maximum Gasteiger partial charge on any atom is 0.249 e. The number of nitrogens with zero attached hydrogens (tertiary/aromatic N) is 4. The molecule has 0 radical (unpaired) electrons. The zero-order valence-corrected chi connectivity index (χ0v) is 22.6. The largest absolute Gasteiger partial charge is 0.309 e. The first-order valence-corrected chi connectivity index (χ1v) is 13.1. The Morgan fingerprint density at radius 3 is 2.66 bits per heavy atom. The summed E-state index contributed by atoms with van der Waals surface area (Å²) in [5.41, 5.74) is 4.91. The van der Waals surface area contributed by atoms with Crippen molar-refractivity contribution in [2.45, 2.75) is 72.1 Å². The Morgan fingerprint density at radius 1 is 1.26 bits per heavy atom. The Hall–Kier alpha value is -2.66. The molecule has 0 fully saturated rings. The van der Waals surface area contributed by atoms with Gasteiger partial charge in [-0.2, -0.15) is 0 Å². The van der Waals surface area contributed by atoms with Crippen LogP contribution in [0.5, 0.6) is 0 Å². The topological polar surface area (TPSA) is 74.3 Å². The molecule has 1 aromatic carbocycles. The van der Waals surface area contributed by atoms with Crippen molar-refractivity contribution in [3.05, 3.63) is 64.5 Å². The molecule has 1 aromatic heterocycles. The summed E-state index contributed by atoms with van der Waals surface area (Å²) in [5.74, 6) is 1.63. The van der Waals surface area contributed by atoms with E-state index in [0.29, 0.717) is 34.9 Å². The average molecular weight is 492 g/mol. The zero-order chi connectivity index (χ0) is 25.5. The number of fused-ring (bicyclic) bond motifs is 1. The number of aromatic nitrogens is 2. The highest BCUT2D eigenvalue weighted by Crippen LogP contribution is 2.38. The summed E-state index contributed by atoms with van der Waals surface area (Å²) < 4.78 is 0. The van der Waals surface area contributed by atoms with E-state index in [2.05, 4.69) is 54.8 Å². The van der Waals surface area contributed by atoms with Gasteiger partial charge >= 0.3 is 0 Å². The molecule has 1 aliphatic carbocycles. The first-order chi connectivity index (χ1) is 16.8. The number of allylic oxidation sites excluding steroid dienone is 2. The molecule has 0 amide bonds. The monoisotopic (exact) mass is 491 g/mol. The number of benzene rings is 1. The number of hydrogen-bond acceptors (Lipinski definition) is 5. The highest BCUT2D eigenvalue weighted by Gasteiger charge is 2.35. The summed E-state index contributed by atoms with van der Waals surface area (Å²) in [4.78, 5) is 18.7. The number of aliphatic imine (C=N–C) groups is 2. The van der Waals surface area contributed by atoms with Crippen molar-refractivity contribution in [1.29, 1.82) is 5.41 Å². The van der Waals surface area contributed by atoms with Crippen LogP contribution >= 0.6 is 11.6 Å². The van der Waals surface area contributed by atoms with Crippen LogP contribution in [0.25, 0.3) is 0 Å². The third kappa shape index (κ3) is 6.32. The maximum atomic E-state index is 8.84. The van der Waals surface area contributed by atoms with E-state index in [0.717, 1.165) is 34.7 Å². The second-order valence-corrected chi connectivity index (χ2v) is 10.0. The van der Waals surface area contributed by atoms with Crippen LogP contribution in [0.1, 0.15) is 89.0 Å². The average Bonchev–Trinajstić information content (AvgIpc) is 2.84. The molecular formula is C29H38ClN5. The summed E-state index contributed by atoms with van der Waals surface area (Å²) in [5, 5.41) is 9.46. The van der Waals surface area contributed by atoms with E-state index in [1.807, 2.05) is 37.4 Å². The van der Waals surface area contributed by atoms with Gasteiger partial charge in [0.05, 0.1) is 17.3 Å². The minimum absolute atomic E-state index is 0.170. The van der Waals surface area contributed by atoms with Crippen LogP contribution in [0.15, 0.2) is 52.6 Å². The number of halogens is 1. The van der Waals surface area contributed by atoms with Gasteiger partial charge in [-0.05, 0) is 55.2 Å². The Bertz CT molecular complexity index is 1130. The standard InChI is InChI=1S/C29H38ClN5/c1-7-18(3)21(8-2)13-11-12-20(5)34-29-33-17-23-19(4)16-25(31)26(28(23)35-29)27(32-6)22-14-9-10-15-24(22)30/h9-12,14-15,17-19,21,26,31H,7-8,13,16H2,1-6H3/b12-11-,31-25?,32-27?,34-20?. The Morgan fingerprint density at radius 2 is 2.00 bits per heavy atom. The van der Waals surface area contributed by atoms with Crippen molar-refractivity contribution in [3.63, 3.8) is 0 Å². The molecule has 1 N–H and O–H groups in total. The lowest BCUT2D eigenvalue weighted by Gasteiger charge is -2.30. The van der Waals surface area contributed by atoms with Crippen molar-refractivity contribution in [1.82, 2.24) is 9.97 Å². The lowest BCUT2D eigenvalue weighted by Crippen LogP contribution is -2.30. The normalized spacial score (nSPS) is 20.7. The fourth-order valence-corrected chi connectivity index (χ4v) is 5.13. The van der Waals surface area contributed by atoms with Gasteiger partial charge in [0, 0.05) is 35.3 Å². The highest BCUT2D eigenvalue weighted by molar-refractivity contribution is 6.35. The van der Waals surface area contributed by atoms with E-state index >= 15 is 0 Å². The molecule has 4 atom stereocenters. The van der Waals surface area contributed by atoms with Crippen LogP contribution in [0.2, 0.25) is 5.02 Å². The van der Waals surface area contributed by atoms with Gasteiger partial charge in [-0.3, -0.25) is 4.99 Å². The molecule has 5 nitrogen and oxygen atoms in total. The van der Waals surface area contributed by atoms with Crippen LogP contribution in [0.4, 0.5) is 5.95 Å². The molecule has 0 spiro atoms. The summed E-state index contributed by atoms with van der Waals surface area (Å²) in [6, 6.07) is 7.65. The van der Waals surface area contributed by atoms with Crippen LogP contribution < -0.4 is 0 Å². The number of hydrogen-bond donors (Lipinski definition) is 1. The second-order valence-electron chi connectivity index (χ2n) is 9.61. The quantitative estimate of drug-likeness (QED) is 0.361. The third-order valence-corrected chi connectivity index (χ3v) is 7.56. The molecule has 1 heterocycles. The van der Waals surface area contributed by atoms with E-state index < -0.39 is 0 Å². The van der Waals surface area contributed by atoms with Gasteiger partial charge in [0.2, 0.25) is 5.95 Å². The predicted molar refractivity (Wildman–Crippen MR) is 149 cm³/mol. The molecule has 0 saturated heterocycles. The lowest BCUT2D eigenvalue weighted by molar-refractivity contribution is 0.341. The van der Waals surface area contributed by atoms with E-state index in [9.17, 15) is 0 Å². The van der Waals surface area contributed by atoms with Crippen molar-refractivity contribution < 1.29 is 0 Å². The third-order valence-electron chi connectivity index (χ3n) is 7.23. The van der Waals surface area contributed by atoms with E-state index in [-0.39, 0.29) is 11.8 Å². The summed E-state index contributed by atoms with van der Waals surface area (Å²) >= 11 is 6.52. The van der Waals surface area contributed by atoms with E-state index in [4.69, 9.17) is 22.0 Å². The van der Waals surface area contributed by atoms with Gasteiger partial charge in [0.15, 0.2) is 0 Å². The smallest absolute Gasteiger partial charge is 0.249 e. The van der Waals surface area contributed by atoms with Crippen LogP contribution in [-0.4, -0.2) is 34.2 Å². The number of nitrogens with one attached hydrogen (secondary N) is 1. The van der Waals surface area contributed by atoms with Crippen LogP contribution in [0.3, 0.4) is 0 Å². The summed E-state index contributed by atoms with van der Waals surface area (Å²) in [7, 11) is 1.75.